The summed E-state index contributed by atoms with van der Waals surface area (Å²) >= 11 is 0. The van der Waals surface area contributed by atoms with E-state index in [1.807, 2.05) is 6.92 Å². The molecule has 1 N–H and O–H groups in total. The van der Waals surface area contributed by atoms with E-state index in [0.717, 1.165) is 0 Å². The molecule has 0 rings (SSSR count). The fourth-order valence-electron chi connectivity index (χ4n) is 1.56. The molecule has 0 saturated heterocycles. The van der Waals surface area contributed by atoms with Crippen molar-refractivity contribution in [2.75, 3.05) is 13.2 Å². The molecule has 0 spiro atoms. The van der Waals surface area contributed by atoms with E-state index in [9.17, 15) is 13.2 Å². The summed E-state index contributed by atoms with van der Waals surface area (Å²) in [5, 5.41) is 12.0. The molecule has 0 bridgehead atoms. The normalized spacial score (nSPS) is 17.2. The molecule has 0 fully saturated rings. The van der Waals surface area contributed by atoms with Gasteiger partial charge in [-0.15, -0.1) is 0 Å². The Morgan fingerprint density at radius 3 is 2.41 bits per heavy atom. The summed E-state index contributed by atoms with van der Waals surface area (Å²) in [5.74, 6) is 0. The third-order valence-corrected chi connectivity index (χ3v) is 2.30. The number of alkyl halides is 3. The lowest BCUT2D eigenvalue weighted by molar-refractivity contribution is -0.148. The summed E-state index contributed by atoms with van der Waals surface area (Å²) in [6.45, 7) is 5.51. The van der Waals surface area contributed by atoms with Crippen LogP contribution in [0.1, 0.15) is 33.6 Å². The van der Waals surface area contributed by atoms with E-state index < -0.39 is 18.1 Å². The maximum absolute atomic E-state index is 11.9. The molecule has 0 saturated carbocycles. The van der Waals surface area contributed by atoms with E-state index in [2.05, 4.69) is 11.4 Å². The summed E-state index contributed by atoms with van der Waals surface area (Å²) in [6, 6.07) is 2.10. The van der Waals surface area contributed by atoms with Crippen molar-refractivity contribution < 1.29 is 17.9 Å². The number of nitriles is 1. The van der Waals surface area contributed by atoms with Gasteiger partial charge in [0.25, 0.3) is 0 Å². The zero-order chi connectivity index (χ0) is 13.5. The van der Waals surface area contributed by atoms with Crippen LogP contribution in [0.15, 0.2) is 0 Å². The van der Waals surface area contributed by atoms with E-state index in [1.165, 1.54) is 0 Å². The van der Waals surface area contributed by atoms with E-state index in [-0.39, 0.29) is 12.7 Å². The predicted octanol–water partition coefficient (Wildman–Crippen LogP) is 2.63. The molecule has 0 radical (unpaired) electrons. The van der Waals surface area contributed by atoms with Crippen LogP contribution in [0.5, 0.6) is 0 Å². The van der Waals surface area contributed by atoms with Crippen LogP contribution in [-0.2, 0) is 4.74 Å². The van der Waals surface area contributed by atoms with Crippen LogP contribution in [0, 0.1) is 11.3 Å². The Bertz CT molecular complexity index is 262. The van der Waals surface area contributed by atoms with Crippen LogP contribution < -0.4 is 5.32 Å². The average molecular weight is 252 g/mol. The van der Waals surface area contributed by atoms with Crippen LogP contribution in [0.4, 0.5) is 13.2 Å². The Balaban J connectivity index is 4.00. The lowest BCUT2D eigenvalue weighted by Crippen LogP contribution is -2.43. The molecule has 0 aliphatic rings. The molecule has 17 heavy (non-hydrogen) atoms. The van der Waals surface area contributed by atoms with Gasteiger partial charge in [-0.25, -0.2) is 0 Å². The van der Waals surface area contributed by atoms with Gasteiger partial charge in [-0.2, -0.15) is 18.4 Å². The summed E-state index contributed by atoms with van der Waals surface area (Å²) in [4.78, 5) is 0. The van der Waals surface area contributed by atoms with Gasteiger partial charge >= 0.3 is 6.18 Å². The van der Waals surface area contributed by atoms with E-state index in [0.29, 0.717) is 13.0 Å². The molecule has 0 aliphatic carbocycles. The minimum atomic E-state index is -4.19. The van der Waals surface area contributed by atoms with Crippen LogP contribution in [-0.4, -0.2) is 31.0 Å². The van der Waals surface area contributed by atoms with Gasteiger partial charge in [0, 0.05) is 6.42 Å². The molecule has 2 atom stereocenters. The Kier molecular flexibility index (Phi) is 6.50. The molecule has 6 heteroatoms. The van der Waals surface area contributed by atoms with E-state index in [4.69, 9.17) is 10.00 Å². The SMILES string of the molecule is CCNC(C)(C#N)CC(C)OCCC(F)(F)F. The maximum atomic E-state index is 11.9. The Morgan fingerprint density at radius 2 is 2.00 bits per heavy atom. The van der Waals surface area contributed by atoms with E-state index >= 15 is 0 Å². The Labute approximate surface area is 99.9 Å². The van der Waals surface area contributed by atoms with Gasteiger partial charge in [0.05, 0.1) is 25.2 Å². The van der Waals surface area contributed by atoms with Crippen molar-refractivity contribution in [1.29, 1.82) is 5.26 Å². The first-order valence-electron chi connectivity index (χ1n) is 5.57. The Morgan fingerprint density at radius 1 is 1.41 bits per heavy atom. The second-order valence-electron chi connectivity index (χ2n) is 4.22. The largest absolute Gasteiger partial charge is 0.391 e. The van der Waals surface area contributed by atoms with Crippen molar-refractivity contribution in [3.8, 4) is 6.07 Å². The fourth-order valence-corrected chi connectivity index (χ4v) is 1.56. The zero-order valence-electron chi connectivity index (χ0n) is 10.4. The molecule has 100 valence electrons. The molecule has 2 unspecified atom stereocenters. The number of ether oxygens (including phenoxy) is 1. The first-order chi connectivity index (χ1) is 7.72. The molecule has 0 amide bonds. The first-order valence-corrected chi connectivity index (χ1v) is 5.57. The van der Waals surface area contributed by atoms with Crippen LogP contribution >= 0.6 is 0 Å². The van der Waals surface area contributed by atoms with Gasteiger partial charge < -0.3 is 4.74 Å². The van der Waals surface area contributed by atoms with Crippen LogP contribution in [0.3, 0.4) is 0 Å². The highest BCUT2D eigenvalue weighted by Gasteiger charge is 2.29. The van der Waals surface area contributed by atoms with Crippen molar-refractivity contribution in [3.63, 3.8) is 0 Å². The fraction of sp³-hybridized carbons (Fsp3) is 0.909. The summed E-state index contributed by atoms with van der Waals surface area (Å²) < 4.78 is 40.7. The second-order valence-corrected chi connectivity index (χ2v) is 4.22. The van der Waals surface area contributed by atoms with Crippen molar-refractivity contribution in [2.24, 2.45) is 0 Å². The number of nitrogens with zero attached hydrogens (tertiary/aromatic N) is 1. The highest BCUT2D eigenvalue weighted by molar-refractivity contribution is 5.04. The molecule has 3 nitrogen and oxygen atoms in total. The van der Waals surface area contributed by atoms with Gasteiger partial charge in [0.2, 0.25) is 0 Å². The number of hydrogen-bond donors (Lipinski definition) is 1. The standard InChI is InChI=1S/C11H19F3N2O/c1-4-16-10(3,8-15)7-9(2)17-6-5-11(12,13)14/h9,16H,4-7H2,1-3H3. The smallest absolute Gasteiger partial charge is 0.378 e. The van der Waals surface area contributed by atoms with Crippen molar-refractivity contribution in [3.05, 3.63) is 0 Å². The van der Waals surface area contributed by atoms with Crippen molar-refractivity contribution in [2.45, 2.75) is 51.4 Å². The molecular formula is C11H19F3N2O. The minimum Gasteiger partial charge on any atom is -0.378 e. The topological polar surface area (TPSA) is 45.0 Å². The van der Waals surface area contributed by atoms with Gasteiger partial charge in [0.1, 0.15) is 5.54 Å². The van der Waals surface area contributed by atoms with Gasteiger partial charge in [0.15, 0.2) is 0 Å². The third-order valence-electron chi connectivity index (χ3n) is 2.30. The molecular weight excluding hydrogens is 233 g/mol. The summed E-state index contributed by atoms with van der Waals surface area (Å²) in [6.07, 6.45) is -5.18. The lowest BCUT2D eigenvalue weighted by Gasteiger charge is -2.26. The highest BCUT2D eigenvalue weighted by Crippen LogP contribution is 2.20. The number of rotatable bonds is 7. The summed E-state index contributed by atoms with van der Waals surface area (Å²) in [5.41, 5.74) is -0.758. The van der Waals surface area contributed by atoms with Crippen LogP contribution in [0.2, 0.25) is 0 Å². The summed E-state index contributed by atoms with van der Waals surface area (Å²) in [7, 11) is 0. The Hall–Kier alpha value is -0.800. The lowest BCUT2D eigenvalue weighted by atomic mass is 9.96. The second kappa shape index (κ2) is 6.82. The predicted molar refractivity (Wildman–Crippen MR) is 58.4 cm³/mol. The number of hydrogen-bond acceptors (Lipinski definition) is 3. The van der Waals surface area contributed by atoms with Crippen molar-refractivity contribution in [1.82, 2.24) is 5.32 Å². The molecule has 0 aromatic rings. The quantitative estimate of drug-likeness (QED) is 0.757. The zero-order valence-corrected chi connectivity index (χ0v) is 10.4. The molecule has 0 aromatic heterocycles. The monoisotopic (exact) mass is 252 g/mol. The molecule has 0 aromatic carbocycles. The van der Waals surface area contributed by atoms with Crippen LogP contribution in [0.25, 0.3) is 0 Å². The highest BCUT2D eigenvalue weighted by atomic mass is 19.4. The van der Waals surface area contributed by atoms with E-state index in [1.54, 1.807) is 13.8 Å². The van der Waals surface area contributed by atoms with Gasteiger partial charge in [-0.3, -0.25) is 5.32 Å². The molecule has 0 heterocycles. The minimum absolute atomic E-state index is 0.356. The number of nitrogens with one attached hydrogen (secondary N) is 1. The van der Waals surface area contributed by atoms with Gasteiger partial charge in [-0.1, -0.05) is 6.92 Å². The average Bonchev–Trinajstić information content (AvgIpc) is 2.15. The number of halogens is 3. The van der Waals surface area contributed by atoms with Gasteiger partial charge in [-0.05, 0) is 20.4 Å². The van der Waals surface area contributed by atoms with Crippen molar-refractivity contribution >= 4 is 0 Å². The first kappa shape index (κ1) is 16.2. The third kappa shape index (κ3) is 8.00. The molecule has 0 aliphatic heterocycles. The maximum Gasteiger partial charge on any atom is 0.391 e.